The quantitative estimate of drug-likeness (QED) is 0.128. The number of fused-ring (bicyclic) bond motifs is 2. The Morgan fingerprint density at radius 3 is 2.35 bits per heavy atom. The van der Waals surface area contributed by atoms with E-state index in [4.69, 9.17) is 5.73 Å². The molecule has 224 valence electrons. The number of nitrogens with two attached hydrogens (primary N) is 1. The van der Waals surface area contributed by atoms with Gasteiger partial charge in [-0.1, -0.05) is 36.4 Å². The van der Waals surface area contributed by atoms with Crippen molar-refractivity contribution < 1.29 is 34.2 Å². The molecule has 8 N–H and O–H groups in total. The summed E-state index contributed by atoms with van der Waals surface area (Å²) in [5.74, 6) is -3.37. The van der Waals surface area contributed by atoms with E-state index in [0.29, 0.717) is 28.5 Å². The van der Waals surface area contributed by atoms with Gasteiger partial charge in [-0.2, -0.15) is 0 Å². The van der Waals surface area contributed by atoms with Crippen molar-refractivity contribution in [2.24, 2.45) is 5.73 Å². The second kappa shape index (κ2) is 12.5. The first-order chi connectivity index (χ1) is 20.7. The Labute approximate surface area is 245 Å². The summed E-state index contributed by atoms with van der Waals surface area (Å²) in [5, 5.41) is 27.9. The number of nitrogens with one attached hydrogen (secondary N) is 4. The van der Waals surface area contributed by atoms with Gasteiger partial charge in [0.05, 0.1) is 18.2 Å². The fourth-order valence-corrected chi connectivity index (χ4v) is 5.36. The molecule has 0 aliphatic carbocycles. The molecule has 3 amide bonds. The van der Waals surface area contributed by atoms with E-state index in [1.807, 2.05) is 24.3 Å². The average Bonchev–Trinajstić information content (AvgIpc) is 3.72. The number of aromatic amines is 1. The highest BCUT2D eigenvalue weighted by Gasteiger charge is 2.31. The first-order valence-corrected chi connectivity index (χ1v) is 13.8. The number of carbonyl (C=O) groups is 5. The first kappa shape index (κ1) is 29.5. The summed E-state index contributed by atoms with van der Waals surface area (Å²) in [6, 6.07) is 9.99. The van der Waals surface area contributed by atoms with Crippen LogP contribution in [0.3, 0.4) is 0 Å². The van der Waals surface area contributed by atoms with Gasteiger partial charge in [-0.3, -0.25) is 23.7 Å². The minimum atomic E-state index is -1.56. The van der Waals surface area contributed by atoms with Gasteiger partial charge in [0.2, 0.25) is 17.7 Å². The van der Waals surface area contributed by atoms with E-state index in [2.05, 4.69) is 20.9 Å². The van der Waals surface area contributed by atoms with Crippen molar-refractivity contribution in [1.29, 1.82) is 0 Å². The lowest BCUT2D eigenvalue weighted by Gasteiger charge is -2.22. The average molecular weight is 589 g/mol. The maximum absolute atomic E-state index is 13.4. The van der Waals surface area contributed by atoms with Crippen molar-refractivity contribution in [2.75, 3.05) is 6.61 Å². The molecule has 1 aliphatic heterocycles. The highest BCUT2D eigenvalue weighted by molar-refractivity contribution is 6.00. The molecule has 0 saturated carbocycles. The van der Waals surface area contributed by atoms with Crippen LogP contribution >= 0.6 is 0 Å². The van der Waals surface area contributed by atoms with Crippen LogP contribution in [0.25, 0.3) is 21.8 Å². The first-order valence-electron chi connectivity index (χ1n) is 13.8. The van der Waals surface area contributed by atoms with Gasteiger partial charge < -0.3 is 36.9 Å². The molecule has 0 radical (unpaired) electrons. The predicted octanol–water partition coefficient (Wildman–Crippen LogP) is 0.200. The number of aliphatic hydroxyl groups excluding tert-OH is 1. The van der Waals surface area contributed by atoms with Crippen LogP contribution in [0.4, 0.5) is 0 Å². The standard InChI is InChI=1S/C30H32N6O7/c31-20(11-17-14-36(25-8-4-2-6-19(17)25)29(41)22-9-10-26(38)33-22)27(39)34-23(28(40)35-24(15-37)30(42)43)12-16-13-32-21-7-3-1-5-18(16)21/h1-8,13-14,20,22-24,32,37H,9-12,15,31H2,(H,33,38)(H,34,39)(H,35,40)(H,42,43)/t20-,22+,23+,24+/m1/s1. The number of aromatic nitrogens is 2. The molecule has 13 nitrogen and oxygen atoms in total. The molecular weight excluding hydrogens is 556 g/mol. The lowest BCUT2D eigenvalue weighted by molar-refractivity contribution is -0.143. The van der Waals surface area contributed by atoms with Crippen molar-refractivity contribution in [3.05, 3.63) is 72.1 Å². The van der Waals surface area contributed by atoms with Crippen LogP contribution in [-0.4, -0.2) is 80.1 Å². The van der Waals surface area contributed by atoms with Crippen LogP contribution in [0.5, 0.6) is 0 Å². The molecule has 0 unspecified atom stereocenters. The molecule has 2 aromatic carbocycles. The molecule has 3 heterocycles. The normalized spacial score (nSPS) is 16.9. The fourth-order valence-electron chi connectivity index (χ4n) is 5.36. The number of aliphatic hydroxyl groups is 1. The van der Waals surface area contributed by atoms with E-state index in [0.717, 1.165) is 10.9 Å². The number of carboxylic acids is 1. The van der Waals surface area contributed by atoms with E-state index >= 15 is 0 Å². The Balaban J connectivity index is 1.36. The van der Waals surface area contributed by atoms with Crippen molar-refractivity contribution in [2.45, 2.75) is 49.9 Å². The molecule has 4 aromatic rings. The monoisotopic (exact) mass is 588 g/mol. The van der Waals surface area contributed by atoms with Gasteiger partial charge in [-0.15, -0.1) is 0 Å². The van der Waals surface area contributed by atoms with Gasteiger partial charge in [-0.05, 0) is 36.1 Å². The van der Waals surface area contributed by atoms with E-state index in [9.17, 15) is 34.2 Å². The number of hydrogen-bond acceptors (Lipinski definition) is 7. The number of para-hydroxylation sites is 2. The number of H-pyrrole nitrogens is 1. The van der Waals surface area contributed by atoms with Crippen molar-refractivity contribution in [1.82, 2.24) is 25.5 Å². The summed E-state index contributed by atoms with van der Waals surface area (Å²) in [6.07, 6.45) is 4.02. The lowest BCUT2D eigenvalue weighted by atomic mass is 10.0. The van der Waals surface area contributed by atoms with Gasteiger partial charge in [-0.25, -0.2) is 4.79 Å². The number of carboxylic acid groups (broad SMARTS) is 1. The molecule has 43 heavy (non-hydrogen) atoms. The SMILES string of the molecule is N[C@H](Cc1cn(C(=O)[C@@H]2CCC(=O)N2)c2ccccc12)C(=O)N[C@@H](Cc1c[nH]c2ccccc12)C(=O)N[C@@H](CO)C(=O)O. The van der Waals surface area contributed by atoms with E-state index < -0.39 is 48.6 Å². The Kier molecular flexibility index (Phi) is 8.55. The van der Waals surface area contributed by atoms with Gasteiger partial charge in [0.25, 0.3) is 5.91 Å². The lowest BCUT2D eigenvalue weighted by Crippen LogP contribution is -2.56. The summed E-state index contributed by atoms with van der Waals surface area (Å²) in [7, 11) is 0. The van der Waals surface area contributed by atoms with Gasteiger partial charge >= 0.3 is 5.97 Å². The maximum Gasteiger partial charge on any atom is 0.328 e. The second-order valence-electron chi connectivity index (χ2n) is 10.6. The summed E-state index contributed by atoms with van der Waals surface area (Å²) in [5.41, 5.74) is 9.08. The molecule has 1 fully saturated rings. The second-order valence-corrected chi connectivity index (χ2v) is 10.6. The molecule has 0 bridgehead atoms. The minimum absolute atomic E-state index is 0.0208. The summed E-state index contributed by atoms with van der Waals surface area (Å²) < 4.78 is 1.46. The number of rotatable bonds is 11. The van der Waals surface area contributed by atoms with Gasteiger partial charge in [0, 0.05) is 41.5 Å². The van der Waals surface area contributed by atoms with E-state index in [1.54, 1.807) is 36.7 Å². The summed E-state index contributed by atoms with van der Waals surface area (Å²) in [6.45, 7) is -0.832. The zero-order valence-corrected chi connectivity index (χ0v) is 23.1. The number of carbonyl (C=O) groups excluding carboxylic acids is 4. The number of hydrogen-bond donors (Lipinski definition) is 7. The maximum atomic E-state index is 13.4. The molecule has 1 saturated heterocycles. The Bertz CT molecular complexity index is 1710. The van der Waals surface area contributed by atoms with E-state index in [-0.39, 0.29) is 31.1 Å². The molecule has 13 heteroatoms. The fraction of sp³-hybridized carbons (Fsp3) is 0.300. The van der Waals surface area contributed by atoms with Crippen molar-refractivity contribution in [3.8, 4) is 0 Å². The van der Waals surface area contributed by atoms with Gasteiger partial charge in [0.1, 0.15) is 18.1 Å². The number of benzene rings is 2. The molecule has 5 rings (SSSR count). The topological polar surface area (TPSA) is 209 Å². The van der Waals surface area contributed by atoms with Crippen LogP contribution in [0.15, 0.2) is 60.9 Å². The highest BCUT2D eigenvalue weighted by atomic mass is 16.4. The number of nitrogens with zero attached hydrogens (tertiary/aromatic N) is 1. The predicted molar refractivity (Wildman–Crippen MR) is 156 cm³/mol. The van der Waals surface area contributed by atoms with E-state index in [1.165, 1.54) is 4.57 Å². The zero-order valence-electron chi connectivity index (χ0n) is 23.1. The van der Waals surface area contributed by atoms with Crippen LogP contribution in [0.2, 0.25) is 0 Å². The Morgan fingerprint density at radius 1 is 0.953 bits per heavy atom. The van der Waals surface area contributed by atoms with Crippen LogP contribution in [-0.2, 0) is 32.0 Å². The molecule has 0 spiro atoms. The third-order valence-corrected chi connectivity index (χ3v) is 7.63. The minimum Gasteiger partial charge on any atom is -0.480 e. The number of amides is 3. The van der Waals surface area contributed by atoms with Gasteiger partial charge in [0.15, 0.2) is 0 Å². The number of aliphatic carboxylic acids is 1. The third kappa shape index (κ3) is 6.27. The smallest absolute Gasteiger partial charge is 0.328 e. The third-order valence-electron chi connectivity index (χ3n) is 7.63. The highest BCUT2D eigenvalue weighted by Crippen LogP contribution is 2.24. The summed E-state index contributed by atoms with van der Waals surface area (Å²) in [4.78, 5) is 66.0. The zero-order chi connectivity index (χ0) is 30.7. The van der Waals surface area contributed by atoms with Crippen LogP contribution in [0.1, 0.15) is 28.8 Å². The van der Waals surface area contributed by atoms with Crippen LogP contribution in [0, 0.1) is 0 Å². The Morgan fingerprint density at radius 2 is 1.65 bits per heavy atom. The van der Waals surface area contributed by atoms with Crippen molar-refractivity contribution in [3.63, 3.8) is 0 Å². The molecule has 1 aliphatic rings. The van der Waals surface area contributed by atoms with Crippen LogP contribution < -0.4 is 21.7 Å². The summed E-state index contributed by atoms with van der Waals surface area (Å²) >= 11 is 0. The van der Waals surface area contributed by atoms with Crippen molar-refractivity contribution >= 4 is 51.4 Å². The molecule has 4 atom stereocenters. The largest absolute Gasteiger partial charge is 0.480 e. The Hall–Kier alpha value is -5.01. The molecular formula is C30H32N6O7. The molecule has 2 aromatic heterocycles.